The Labute approximate surface area is 390 Å². The lowest BCUT2D eigenvalue weighted by Gasteiger charge is -2.34. The molecule has 1 N–H and O–H groups in total. The predicted octanol–water partition coefficient (Wildman–Crippen LogP) is 15.2. The summed E-state index contributed by atoms with van der Waals surface area (Å²) < 4.78 is 11.5. The largest absolute Gasteiger partial charge is 0.494 e. The molecule has 0 atom stereocenters. The topological polar surface area (TPSA) is 38.7 Å². The van der Waals surface area contributed by atoms with Crippen LogP contribution in [-0.4, -0.2) is 24.9 Å². The van der Waals surface area contributed by atoms with Crippen LogP contribution in [0.15, 0.2) is 218 Å². The van der Waals surface area contributed by atoms with Gasteiger partial charge in [0.05, 0.1) is 18.6 Å². The van der Waals surface area contributed by atoms with Crippen molar-refractivity contribution in [1.82, 2.24) is 0 Å². The molecule has 1 aliphatic carbocycles. The van der Waals surface area contributed by atoms with E-state index in [4.69, 9.17) is 14.6 Å². The number of aliphatic hydroxyl groups excluding tert-OH is 1. The second kappa shape index (κ2) is 27.5. The Morgan fingerprint density at radius 2 is 0.631 bits per heavy atom. The van der Waals surface area contributed by atoms with E-state index in [9.17, 15) is 0 Å². The molecule has 0 aromatic heterocycles. The van der Waals surface area contributed by atoms with Crippen molar-refractivity contribution in [3.05, 3.63) is 263 Å². The third-order valence-electron chi connectivity index (χ3n) is 11.4. The van der Waals surface area contributed by atoms with Crippen molar-refractivity contribution in [3.63, 3.8) is 0 Å². The van der Waals surface area contributed by atoms with Crippen molar-refractivity contribution in [2.45, 2.75) is 72.1 Å². The first kappa shape index (κ1) is 49.3. The van der Waals surface area contributed by atoms with Gasteiger partial charge in [0, 0.05) is 0 Å². The smallest absolute Gasteiger partial charge is 0.119 e. The Bertz CT molecular complexity index is 2210. The fourth-order valence-electron chi connectivity index (χ4n) is 7.86. The van der Waals surface area contributed by atoms with Gasteiger partial charge in [0.1, 0.15) is 18.1 Å². The molecule has 0 bridgehead atoms. The van der Waals surface area contributed by atoms with Crippen molar-refractivity contribution in [2.24, 2.45) is 0 Å². The first-order valence-electron chi connectivity index (χ1n) is 23.4. The highest BCUT2D eigenvalue weighted by molar-refractivity contribution is 5.86. The van der Waals surface area contributed by atoms with Crippen molar-refractivity contribution in [3.8, 4) is 22.6 Å². The van der Waals surface area contributed by atoms with Crippen LogP contribution in [0, 0.1) is 0 Å². The molecule has 8 aromatic rings. The standard InChI is InChI=1S/C30H28O3.4C8H10/c1-2-20-32-24-15-11-22(12-16-24)30(23-13-17-25(18-14-23)33-21-19-31)28-9-5-3-7-26(28)27-8-4-6-10-29(27)30;4*1-2-8-6-4-3-5-7-8/h3-18,31H,2,19-21H2,1H3;4*3-7H,2H2,1H3. The minimum atomic E-state index is -0.439. The van der Waals surface area contributed by atoms with Gasteiger partial charge in [0.15, 0.2) is 0 Å². The normalized spacial score (nSPS) is 11.2. The fourth-order valence-corrected chi connectivity index (χ4v) is 7.86. The maximum absolute atomic E-state index is 9.10. The summed E-state index contributed by atoms with van der Waals surface area (Å²) in [6, 6.07) is 76.0. The molecule has 3 nitrogen and oxygen atoms in total. The first-order valence-corrected chi connectivity index (χ1v) is 23.4. The van der Waals surface area contributed by atoms with E-state index in [-0.39, 0.29) is 13.2 Å². The third-order valence-corrected chi connectivity index (χ3v) is 11.4. The first-order chi connectivity index (χ1) is 32.0. The number of rotatable bonds is 12. The third kappa shape index (κ3) is 14.2. The minimum Gasteiger partial charge on any atom is -0.494 e. The Hall–Kier alpha value is -6.68. The van der Waals surface area contributed by atoms with Gasteiger partial charge in [-0.25, -0.2) is 0 Å². The van der Waals surface area contributed by atoms with E-state index in [1.54, 1.807) is 0 Å². The molecule has 0 fully saturated rings. The Morgan fingerprint density at radius 1 is 0.338 bits per heavy atom. The molecule has 0 heterocycles. The van der Waals surface area contributed by atoms with E-state index in [2.05, 4.69) is 217 Å². The zero-order valence-electron chi connectivity index (χ0n) is 39.2. The molecule has 0 unspecified atom stereocenters. The van der Waals surface area contributed by atoms with Crippen molar-refractivity contribution in [2.75, 3.05) is 19.8 Å². The van der Waals surface area contributed by atoms with E-state index >= 15 is 0 Å². The maximum Gasteiger partial charge on any atom is 0.119 e. The van der Waals surface area contributed by atoms with Gasteiger partial charge >= 0.3 is 0 Å². The second-order valence-corrected chi connectivity index (χ2v) is 15.7. The molecule has 65 heavy (non-hydrogen) atoms. The quantitative estimate of drug-likeness (QED) is 0.133. The van der Waals surface area contributed by atoms with E-state index in [0.29, 0.717) is 6.61 Å². The number of aryl methyl sites for hydroxylation is 4. The number of ether oxygens (including phenoxy) is 2. The molecule has 8 aromatic carbocycles. The lowest BCUT2D eigenvalue weighted by atomic mass is 9.68. The fraction of sp³-hybridized carbons (Fsp3) is 0.226. The summed E-state index contributed by atoms with van der Waals surface area (Å²) >= 11 is 0. The Morgan fingerprint density at radius 3 is 0.908 bits per heavy atom. The molecular weight excluding hydrogens is 793 g/mol. The van der Waals surface area contributed by atoms with Crippen molar-refractivity contribution >= 4 is 0 Å². The maximum atomic E-state index is 9.10. The van der Waals surface area contributed by atoms with E-state index in [1.165, 1.54) is 55.6 Å². The van der Waals surface area contributed by atoms with Gasteiger partial charge < -0.3 is 14.6 Å². The van der Waals surface area contributed by atoms with Crippen LogP contribution in [0.3, 0.4) is 0 Å². The lowest BCUT2D eigenvalue weighted by molar-refractivity contribution is 0.201. The molecular formula is C62H68O3. The highest BCUT2D eigenvalue weighted by Crippen LogP contribution is 2.56. The molecule has 0 saturated heterocycles. The summed E-state index contributed by atoms with van der Waals surface area (Å²) in [4.78, 5) is 0. The number of fused-ring (bicyclic) bond motifs is 3. The van der Waals surface area contributed by atoms with E-state index in [1.807, 2.05) is 36.4 Å². The van der Waals surface area contributed by atoms with Crippen LogP contribution in [0.1, 0.15) is 85.5 Å². The van der Waals surface area contributed by atoms with Gasteiger partial charge in [-0.2, -0.15) is 0 Å². The molecule has 0 radical (unpaired) electrons. The summed E-state index contributed by atoms with van der Waals surface area (Å²) in [7, 11) is 0. The van der Waals surface area contributed by atoms with Gasteiger partial charge in [-0.3, -0.25) is 0 Å². The van der Waals surface area contributed by atoms with Gasteiger partial charge in [-0.05, 0) is 112 Å². The Balaban J connectivity index is 0.000000198. The van der Waals surface area contributed by atoms with Crippen LogP contribution in [0.5, 0.6) is 11.5 Å². The average Bonchev–Trinajstić information content (AvgIpc) is 3.70. The van der Waals surface area contributed by atoms with Gasteiger partial charge in [-0.1, -0.05) is 229 Å². The van der Waals surface area contributed by atoms with Crippen LogP contribution < -0.4 is 9.47 Å². The minimum absolute atomic E-state index is 0.00110. The Kier molecular flexibility index (Phi) is 20.9. The monoisotopic (exact) mass is 861 g/mol. The number of aliphatic hydroxyl groups is 1. The summed E-state index contributed by atoms with van der Waals surface area (Å²) in [5.74, 6) is 1.65. The lowest BCUT2D eigenvalue weighted by Crippen LogP contribution is -2.28. The van der Waals surface area contributed by atoms with E-state index in [0.717, 1.165) is 43.6 Å². The molecule has 0 spiro atoms. The van der Waals surface area contributed by atoms with Crippen LogP contribution >= 0.6 is 0 Å². The van der Waals surface area contributed by atoms with Crippen molar-refractivity contribution < 1.29 is 14.6 Å². The summed E-state index contributed by atoms with van der Waals surface area (Å²) in [6.07, 6.45) is 5.54. The predicted molar refractivity (Wildman–Crippen MR) is 275 cm³/mol. The molecule has 0 amide bonds. The molecule has 1 aliphatic rings. The molecule has 334 valence electrons. The highest BCUT2D eigenvalue weighted by atomic mass is 16.5. The van der Waals surface area contributed by atoms with Crippen LogP contribution in [0.25, 0.3) is 11.1 Å². The van der Waals surface area contributed by atoms with E-state index < -0.39 is 5.41 Å². The zero-order valence-corrected chi connectivity index (χ0v) is 39.2. The van der Waals surface area contributed by atoms with Crippen LogP contribution in [-0.2, 0) is 31.1 Å². The molecule has 0 aliphatic heterocycles. The number of hydrogen-bond donors (Lipinski definition) is 1. The summed E-state index contributed by atoms with van der Waals surface area (Å²) in [5.41, 5.74) is 12.7. The molecule has 0 saturated carbocycles. The summed E-state index contributed by atoms with van der Waals surface area (Å²) in [5, 5.41) is 9.10. The highest BCUT2D eigenvalue weighted by Gasteiger charge is 2.45. The van der Waals surface area contributed by atoms with Crippen molar-refractivity contribution in [1.29, 1.82) is 0 Å². The SMILES string of the molecule is CCCOc1ccc(C2(c3ccc(OCCO)cc3)c3ccccc3-c3ccccc32)cc1.CCc1ccccc1.CCc1ccccc1.CCc1ccccc1.CCc1ccccc1. The number of hydrogen-bond acceptors (Lipinski definition) is 3. The van der Waals surface area contributed by atoms with Gasteiger partial charge in [0.2, 0.25) is 0 Å². The zero-order chi connectivity index (χ0) is 46.0. The second-order valence-electron chi connectivity index (χ2n) is 15.7. The number of benzene rings is 8. The molecule has 3 heteroatoms. The average molecular weight is 861 g/mol. The molecule has 9 rings (SSSR count). The van der Waals surface area contributed by atoms with Gasteiger partial charge in [-0.15, -0.1) is 0 Å². The van der Waals surface area contributed by atoms with Crippen LogP contribution in [0.4, 0.5) is 0 Å². The van der Waals surface area contributed by atoms with Gasteiger partial charge in [0.25, 0.3) is 0 Å². The summed E-state index contributed by atoms with van der Waals surface area (Å²) in [6.45, 7) is 11.8. The van der Waals surface area contributed by atoms with Crippen LogP contribution in [0.2, 0.25) is 0 Å².